The Kier molecular flexibility index (Phi) is 5.64. The lowest BCUT2D eigenvalue weighted by Gasteiger charge is -2.34. The van der Waals surface area contributed by atoms with Gasteiger partial charge in [-0.2, -0.15) is 0 Å². The minimum atomic E-state index is -0.460. The highest BCUT2D eigenvalue weighted by molar-refractivity contribution is 6.31. The number of hydrogen-bond donors (Lipinski definition) is 2. The monoisotopic (exact) mass is 283 g/mol. The van der Waals surface area contributed by atoms with Gasteiger partial charge in [0.05, 0.1) is 19.3 Å². The van der Waals surface area contributed by atoms with E-state index in [0.29, 0.717) is 30.8 Å². The molecule has 1 aromatic rings. The van der Waals surface area contributed by atoms with Crippen LogP contribution in [0.5, 0.6) is 0 Å². The van der Waals surface area contributed by atoms with Crippen molar-refractivity contribution in [3.8, 4) is 0 Å². The second kappa shape index (κ2) is 7.25. The van der Waals surface area contributed by atoms with Crippen molar-refractivity contribution in [2.75, 3.05) is 13.2 Å². The van der Waals surface area contributed by atoms with Crippen LogP contribution in [0.4, 0.5) is 0 Å². The van der Waals surface area contributed by atoms with Crippen LogP contribution in [0, 0.1) is 5.92 Å². The Morgan fingerprint density at radius 1 is 1.42 bits per heavy atom. The van der Waals surface area contributed by atoms with Crippen LogP contribution < -0.4 is 5.32 Å². The molecule has 0 heterocycles. The van der Waals surface area contributed by atoms with Gasteiger partial charge in [-0.15, -0.1) is 0 Å². The minimum Gasteiger partial charge on any atom is -0.389 e. The molecule has 2 rings (SSSR count). The molecule has 4 heteroatoms. The first-order valence-electron chi connectivity index (χ1n) is 6.87. The molecule has 1 saturated carbocycles. The predicted molar refractivity (Wildman–Crippen MR) is 77.3 cm³/mol. The summed E-state index contributed by atoms with van der Waals surface area (Å²) in [6.07, 6.45) is 1.97. The van der Waals surface area contributed by atoms with E-state index in [9.17, 15) is 5.11 Å². The van der Waals surface area contributed by atoms with Crippen LogP contribution in [0.1, 0.15) is 25.3 Å². The molecular weight excluding hydrogens is 262 g/mol. The van der Waals surface area contributed by atoms with Crippen molar-refractivity contribution in [3.05, 3.63) is 34.9 Å². The molecule has 1 aromatic carbocycles. The molecule has 2 N–H and O–H groups in total. The lowest BCUT2D eigenvalue weighted by Crippen LogP contribution is -2.44. The second-order valence-electron chi connectivity index (χ2n) is 5.44. The maximum atomic E-state index is 9.81. The molecule has 1 aliphatic carbocycles. The van der Waals surface area contributed by atoms with Crippen molar-refractivity contribution >= 4 is 11.6 Å². The van der Waals surface area contributed by atoms with Gasteiger partial charge in [-0.1, -0.05) is 36.7 Å². The molecule has 19 heavy (non-hydrogen) atoms. The summed E-state index contributed by atoms with van der Waals surface area (Å²) in [7, 11) is 0. The van der Waals surface area contributed by atoms with Gasteiger partial charge in [0, 0.05) is 17.6 Å². The first-order chi connectivity index (χ1) is 9.15. The van der Waals surface area contributed by atoms with E-state index in [4.69, 9.17) is 16.3 Å². The summed E-state index contributed by atoms with van der Waals surface area (Å²) in [5, 5.41) is 13.9. The number of benzene rings is 1. The fraction of sp³-hybridized carbons (Fsp3) is 0.600. The van der Waals surface area contributed by atoms with Crippen molar-refractivity contribution < 1.29 is 9.84 Å². The van der Waals surface area contributed by atoms with Gasteiger partial charge in [0.2, 0.25) is 0 Å². The first-order valence-corrected chi connectivity index (χ1v) is 7.25. The molecule has 3 nitrogen and oxygen atoms in total. The molecule has 0 aromatic heterocycles. The predicted octanol–water partition coefficient (Wildman–Crippen LogP) is 2.61. The number of aliphatic hydroxyl groups is 1. The SMILES string of the molecule is CC1CC(NCC(O)COCc2ccccc2Cl)C1. The van der Waals surface area contributed by atoms with Gasteiger partial charge in [-0.05, 0) is 30.4 Å². The quantitative estimate of drug-likeness (QED) is 0.808. The third-order valence-corrected chi connectivity index (χ3v) is 3.91. The zero-order chi connectivity index (χ0) is 13.7. The van der Waals surface area contributed by atoms with Crippen LogP contribution in [0.3, 0.4) is 0 Å². The van der Waals surface area contributed by atoms with Gasteiger partial charge in [-0.3, -0.25) is 0 Å². The summed E-state index contributed by atoms with van der Waals surface area (Å²) in [5.74, 6) is 0.825. The summed E-state index contributed by atoms with van der Waals surface area (Å²) in [5.41, 5.74) is 0.956. The number of hydrogen-bond acceptors (Lipinski definition) is 3. The van der Waals surface area contributed by atoms with Crippen molar-refractivity contribution in [2.45, 2.75) is 38.5 Å². The van der Waals surface area contributed by atoms with Crippen molar-refractivity contribution in [1.29, 1.82) is 0 Å². The Hall–Kier alpha value is -0.610. The highest BCUT2D eigenvalue weighted by atomic mass is 35.5. The summed E-state index contributed by atoms with van der Waals surface area (Å²) >= 11 is 6.03. The number of aliphatic hydroxyl groups excluding tert-OH is 1. The fourth-order valence-corrected chi connectivity index (χ4v) is 2.54. The smallest absolute Gasteiger partial charge is 0.0897 e. The first kappa shape index (κ1) is 14.8. The van der Waals surface area contributed by atoms with E-state index in [2.05, 4.69) is 12.2 Å². The third kappa shape index (κ3) is 4.77. The van der Waals surface area contributed by atoms with Gasteiger partial charge in [0.1, 0.15) is 0 Å². The van der Waals surface area contributed by atoms with Gasteiger partial charge >= 0.3 is 0 Å². The number of rotatable bonds is 7. The number of halogens is 1. The van der Waals surface area contributed by atoms with E-state index >= 15 is 0 Å². The Labute approximate surface area is 119 Å². The summed E-state index contributed by atoms with van der Waals surface area (Å²) in [6.45, 7) is 3.62. The molecular formula is C15H22ClNO2. The van der Waals surface area contributed by atoms with Crippen LogP contribution in [-0.4, -0.2) is 30.4 Å². The van der Waals surface area contributed by atoms with E-state index < -0.39 is 6.10 Å². The topological polar surface area (TPSA) is 41.5 Å². The Morgan fingerprint density at radius 2 is 2.16 bits per heavy atom. The Balaban J connectivity index is 1.59. The standard InChI is InChI=1S/C15H22ClNO2/c1-11-6-13(7-11)17-8-14(18)10-19-9-12-4-2-3-5-15(12)16/h2-5,11,13-14,17-18H,6-10H2,1H3. The van der Waals surface area contributed by atoms with Crippen LogP contribution >= 0.6 is 11.6 Å². The molecule has 1 unspecified atom stereocenters. The molecule has 1 aliphatic rings. The van der Waals surface area contributed by atoms with E-state index in [1.54, 1.807) is 0 Å². The lowest BCUT2D eigenvalue weighted by molar-refractivity contribution is 0.0251. The number of ether oxygens (including phenoxy) is 1. The van der Waals surface area contributed by atoms with Gasteiger partial charge in [0.15, 0.2) is 0 Å². The second-order valence-corrected chi connectivity index (χ2v) is 5.85. The highest BCUT2D eigenvalue weighted by Gasteiger charge is 2.24. The minimum absolute atomic E-state index is 0.334. The van der Waals surface area contributed by atoms with Gasteiger partial charge < -0.3 is 15.2 Å². The normalized spacial score (nSPS) is 23.9. The van der Waals surface area contributed by atoms with Crippen molar-refractivity contribution in [1.82, 2.24) is 5.32 Å². The van der Waals surface area contributed by atoms with Crippen molar-refractivity contribution in [3.63, 3.8) is 0 Å². The molecule has 0 saturated heterocycles. The van der Waals surface area contributed by atoms with E-state index in [1.807, 2.05) is 24.3 Å². The molecule has 1 fully saturated rings. The highest BCUT2D eigenvalue weighted by Crippen LogP contribution is 2.26. The largest absolute Gasteiger partial charge is 0.389 e. The maximum absolute atomic E-state index is 9.81. The third-order valence-electron chi connectivity index (χ3n) is 3.54. The zero-order valence-corrected chi connectivity index (χ0v) is 12.1. The van der Waals surface area contributed by atoms with Crippen LogP contribution in [0.15, 0.2) is 24.3 Å². The van der Waals surface area contributed by atoms with Crippen LogP contribution in [0.2, 0.25) is 5.02 Å². The lowest BCUT2D eigenvalue weighted by atomic mass is 9.82. The maximum Gasteiger partial charge on any atom is 0.0897 e. The molecule has 0 bridgehead atoms. The molecule has 106 valence electrons. The molecule has 0 spiro atoms. The van der Waals surface area contributed by atoms with E-state index in [-0.39, 0.29) is 0 Å². The van der Waals surface area contributed by atoms with Gasteiger partial charge in [-0.25, -0.2) is 0 Å². The molecule has 0 aliphatic heterocycles. The molecule has 0 radical (unpaired) electrons. The fourth-order valence-electron chi connectivity index (χ4n) is 2.35. The summed E-state index contributed by atoms with van der Waals surface area (Å²) in [6, 6.07) is 8.18. The zero-order valence-electron chi connectivity index (χ0n) is 11.3. The summed E-state index contributed by atoms with van der Waals surface area (Å²) in [4.78, 5) is 0. The molecule has 1 atom stereocenters. The Bertz CT molecular complexity index is 393. The van der Waals surface area contributed by atoms with E-state index in [0.717, 1.165) is 11.5 Å². The van der Waals surface area contributed by atoms with Crippen LogP contribution in [-0.2, 0) is 11.3 Å². The average molecular weight is 284 g/mol. The van der Waals surface area contributed by atoms with Crippen molar-refractivity contribution in [2.24, 2.45) is 5.92 Å². The van der Waals surface area contributed by atoms with Crippen LogP contribution in [0.25, 0.3) is 0 Å². The molecule has 0 amide bonds. The van der Waals surface area contributed by atoms with E-state index in [1.165, 1.54) is 12.8 Å². The summed E-state index contributed by atoms with van der Waals surface area (Å²) < 4.78 is 5.49. The Morgan fingerprint density at radius 3 is 2.84 bits per heavy atom. The number of nitrogens with one attached hydrogen (secondary N) is 1. The average Bonchev–Trinajstić information content (AvgIpc) is 2.35. The van der Waals surface area contributed by atoms with Gasteiger partial charge in [0.25, 0.3) is 0 Å².